The van der Waals surface area contributed by atoms with E-state index in [1.807, 2.05) is 0 Å². The zero-order chi connectivity index (χ0) is 18.8. The van der Waals surface area contributed by atoms with Crippen molar-refractivity contribution < 1.29 is 26.4 Å². The summed E-state index contributed by atoms with van der Waals surface area (Å²) >= 11 is 6.03. The Kier molecular flexibility index (Phi) is 6.10. The number of rotatable bonds is 5. The molecule has 0 spiro atoms. The molecule has 0 bridgehead atoms. The Morgan fingerprint density at radius 2 is 1.84 bits per heavy atom. The van der Waals surface area contributed by atoms with Gasteiger partial charge in [-0.1, -0.05) is 11.6 Å². The first-order valence-corrected chi connectivity index (χ1v) is 11.2. The van der Waals surface area contributed by atoms with Crippen LogP contribution >= 0.6 is 11.6 Å². The molecule has 11 heteroatoms. The molecule has 0 saturated carbocycles. The fraction of sp³-hybridized carbons (Fsp3) is 0.500. The van der Waals surface area contributed by atoms with Gasteiger partial charge in [0.1, 0.15) is 10.1 Å². The minimum atomic E-state index is -3.85. The summed E-state index contributed by atoms with van der Waals surface area (Å²) in [5.41, 5.74) is 0.150. The number of sulfonamides is 1. The summed E-state index contributed by atoms with van der Waals surface area (Å²) in [6, 6.07) is 3.98. The van der Waals surface area contributed by atoms with Crippen LogP contribution in [0, 0.1) is 0 Å². The first kappa shape index (κ1) is 20.1. The number of carbonyl (C=O) groups excluding carboxylic acids is 1. The largest absolute Gasteiger partial charge is 0.379 e. The lowest BCUT2D eigenvalue weighted by Gasteiger charge is -2.26. The molecule has 8 nitrogen and oxygen atoms in total. The third kappa shape index (κ3) is 4.70. The van der Waals surface area contributed by atoms with Crippen molar-refractivity contribution in [3.63, 3.8) is 0 Å². The van der Waals surface area contributed by atoms with Gasteiger partial charge < -0.3 is 10.1 Å². The van der Waals surface area contributed by atoms with Crippen LogP contribution in [-0.2, 0) is 29.4 Å². The zero-order valence-electron chi connectivity index (χ0n) is 13.7. The van der Waals surface area contributed by atoms with E-state index < -0.39 is 31.0 Å². The second kappa shape index (κ2) is 7.58. The number of morpholine rings is 1. The monoisotopic (exact) mass is 410 g/mol. The average molecular weight is 411 g/mol. The van der Waals surface area contributed by atoms with Crippen LogP contribution in [0.5, 0.6) is 0 Å². The summed E-state index contributed by atoms with van der Waals surface area (Å²) in [5.74, 6) is -0.750. The molecule has 1 saturated heterocycles. The van der Waals surface area contributed by atoms with Gasteiger partial charge in [0.05, 0.1) is 18.2 Å². The quantitative estimate of drug-likeness (QED) is 0.766. The van der Waals surface area contributed by atoms with E-state index in [1.54, 1.807) is 0 Å². The van der Waals surface area contributed by atoms with Crippen LogP contribution in [0.3, 0.4) is 0 Å². The average Bonchev–Trinajstić information content (AvgIpc) is 2.55. The molecule has 1 aliphatic heterocycles. The van der Waals surface area contributed by atoms with Gasteiger partial charge in [-0.15, -0.1) is 0 Å². The molecule has 1 aromatic carbocycles. The lowest BCUT2D eigenvalue weighted by atomic mass is 10.3. The summed E-state index contributed by atoms with van der Waals surface area (Å²) < 4.78 is 54.7. The van der Waals surface area contributed by atoms with Crippen LogP contribution in [0.25, 0.3) is 0 Å². The number of hydrogen-bond acceptors (Lipinski definition) is 6. The predicted molar refractivity (Wildman–Crippen MR) is 94.0 cm³/mol. The molecule has 0 aliphatic carbocycles. The second-order valence-electron chi connectivity index (χ2n) is 5.62. The van der Waals surface area contributed by atoms with Crippen LogP contribution in [0.4, 0.5) is 5.69 Å². The molecule has 1 unspecified atom stereocenters. The molecule has 2 rings (SSSR count). The number of sulfone groups is 1. The molecule has 0 aromatic heterocycles. The van der Waals surface area contributed by atoms with Gasteiger partial charge in [-0.3, -0.25) is 4.79 Å². The SMILES string of the molecule is CC(C(=O)Nc1ccc(Cl)c(S(=O)(=O)N2CCOCC2)c1)S(C)(=O)=O. The number of hydrogen-bond donors (Lipinski definition) is 1. The van der Waals surface area contributed by atoms with Gasteiger partial charge in [-0.05, 0) is 25.1 Å². The topological polar surface area (TPSA) is 110 Å². The number of halogens is 1. The summed E-state index contributed by atoms with van der Waals surface area (Å²) in [6.45, 7) is 2.25. The Labute approximate surface area is 152 Å². The molecule has 1 atom stereocenters. The third-order valence-corrected chi connectivity index (χ3v) is 7.68. The highest BCUT2D eigenvalue weighted by Crippen LogP contribution is 2.28. The normalized spacial score (nSPS) is 17.9. The van der Waals surface area contributed by atoms with Gasteiger partial charge in [-0.25, -0.2) is 16.8 Å². The van der Waals surface area contributed by atoms with E-state index in [0.29, 0.717) is 13.2 Å². The zero-order valence-corrected chi connectivity index (χ0v) is 16.1. The van der Waals surface area contributed by atoms with Gasteiger partial charge in [0.15, 0.2) is 9.84 Å². The van der Waals surface area contributed by atoms with E-state index in [9.17, 15) is 21.6 Å². The van der Waals surface area contributed by atoms with Crippen LogP contribution < -0.4 is 5.32 Å². The molecule has 140 valence electrons. The molecule has 1 aromatic rings. The number of ether oxygens (including phenoxy) is 1. The van der Waals surface area contributed by atoms with Crippen molar-refractivity contribution in [3.05, 3.63) is 23.2 Å². The van der Waals surface area contributed by atoms with E-state index in [4.69, 9.17) is 16.3 Å². The second-order valence-corrected chi connectivity index (χ2v) is 10.3. The van der Waals surface area contributed by atoms with Gasteiger partial charge in [-0.2, -0.15) is 4.31 Å². The molecule has 1 N–H and O–H groups in total. The van der Waals surface area contributed by atoms with Gasteiger partial charge >= 0.3 is 0 Å². The van der Waals surface area contributed by atoms with Crippen molar-refractivity contribution in [2.45, 2.75) is 17.1 Å². The van der Waals surface area contributed by atoms with E-state index in [2.05, 4.69) is 5.32 Å². The van der Waals surface area contributed by atoms with E-state index in [0.717, 1.165) is 6.26 Å². The Bertz CT molecular complexity index is 863. The van der Waals surface area contributed by atoms with Crippen LogP contribution in [0.2, 0.25) is 5.02 Å². The van der Waals surface area contributed by atoms with Crippen molar-refractivity contribution in [2.24, 2.45) is 0 Å². The van der Waals surface area contributed by atoms with Crippen molar-refractivity contribution >= 4 is 43.1 Å². The summed E-state index contributed by atoms with van der Waals surface area (Å²) in [4.78, 5) is 11.9. The minimum Gasteiger partial charge on any atom is -0.379 e. The summed E-state index contributed by atoms with van der Waals surface area (Å²) in [5, 5.41) is 1.16. The molecular formula is C14H19ClN2O6S2. The Morgan fingerprint density at radius 1 is 1.24 bits per heavy atom. The van der Waals surface area contributed by atoms with Crippen molar-refractivity contribution in [2.75, 3.05) is 37.9 Å². The van der Waals surface area contributed by atoms with E-state index in [1.165, 1.54) is 29.4 Å². The number of amides is 1. The van der Waals surface area contributed by atoms with Crippen LogP contribution in [0.1, 0.15) is 6.92 Å². The summed E-state index contributed by atoms with van der Waals surface area (Å²) in [7, 11) is -7.41. The van der Waals surface area contributed by atoms with Gasteiger partial charge in [0.25, 0.3) is 0 Å². The first-order chi connectivity index (χ1) is 11.5. The van der Waals surface area contributed by atoms with Gasteiger partial charge in [0.2, 0.25) is 15.9 Å². The fourth-order valence-corrected chi connectivity index (χ4v) is 4.50. The molecular weight excluding hydrogens is 392 g/mol. The van der Waals surface area contributed by atoms with Crippen molar-refractivity contribution in [1.82, 2.24) is 4.31 Å². The lowest BCUT2D eigenvalue weighted by Crippen LogP contribution is -2.40. The summed E-state index contributed by atoms with van der Waals surface area (Å²) in [6.07, 6.45) is 0.952. The van der Waals surface area contributed by atoms with Gasteiger partial charge in [0, 0.05) is 25.0 Å². The Hall–Kier alpha value is -1.20. The van der Waals surface area contributed by atoms with Crippen LogP contribution in [-0.4, -0.2) is 64.9 Å². The maximum absolute atomic E-state index is 12.7. The van der Waals surface area contributed by atoms with Crippen molar-refractivity contribution in [1.29, 1.82) is 0 Å². The van der Waals surface area contributed by atoms with E-state index >= 15 is 0 Å². The highest BCUT2D eigenvalue weighted by molar-refractivity contribution is 7.92. The third-order valence-electron chi connectivity index (χ3n) is 3.80. The fourth-order valence-electron chi connectivity index (χ4n) is 2.14. The van der Waals surface area contributed by atoms with Crippen molar-refractivity contribution in [3.8, 4) is 0 Å². The number of nitrogens with zero attached hydrogens (tertiary/aromatic N) is 1. The number of anilines is 1. The predicted octanol–water partition coefficient (Wildman–Crippen LogP) is 0.733. The van der Waals surface area contributed by atoms with E-state index in [-0.39, 0.29) is 28.7 Å². The molecule has 1 amide bonds. The molecule has 1 fully saturated rings. The molecule has 0 radical (unpaired) electrons. The maximum Gasteiger partial charge on any atom is 0.244 e. The highest BCUT2D eigenvalue weighted by Gasteiger charge is 2.29. The molecule has 1 heterocycles. The Morgan fingerprint density at radius 3 is 2.40 bits per heavy atom. The highest BCUT2D eigenvalue weighted by atomic mass is 35.5. The molecule has 1 aliphatic rings. The van der Waals surface area contributed by atoms with Crippen LogP contribution in [0.15, 0.2) is 23.1 Å². The lowest BCUT2D eigenvalue weighted by molar-refractivity contribution is -0.115. The number of carbonyl (C=O) groups is 1. The first-order valence-electron chi connectivity index (χ1n) is 7.40. The standard InChI is InChI=1S/C14H19ClN2O6S2/c1-10(24(2,19)20)14(18)16-11-3-4-12(15)13(9-11)25(21,22)17-5-7-23-8-6-17/h3-4,9-10H,5-8H2,1-2H3,(H,16,18). The molecule has 25 heavy (non-hydrogen) atoms. The minimum absolute atomic E-state index is 0.0145. The smallest absolute Gasteiger partial charge is 0.244 e. The maximum atomic E-state index is 12.7. The Balaban J connectivity index is 2.30. The number of benzene rings is 1. The number of nitrogens with one attached hydrogen (secondary N) is 1.